The van der Waals surface area contributed by atoms with Crippen LogP contribution in [-0.2, 0) is 9.53 Å². The fraction of sp³-hybridized carbons (Fsp3) is 0.200. The molecule has 1 unspecified atom stereocenters. The van der Waals surface area contributed by atoms with E-state index < -0.39 is 23.5 Å². The van der Waals surface area contributed by atoms with Gasteiger partial charge < -0.3 is 23.7 Å². The largest absolute Gasteiger partial charge is 0.493 e. The van der Waals surface area contributed by atoms with Crippen molar-refractivity contribution in [1.82, 2.24) is 4.57 Å². The predicted molar refractivity (Wildman–Crippen MR) is 164 cm³/mol. The molecule has 0 aliphatic carbocycles. The Labute approximate surface area is 262 Å². The maximum atomic E-state index is 14.0. The molecule has 3 heterocycles. The van der Waals surface area contributed by atoms with Crippen molar-refractivity contribution in [2.75, 3.05) is 20.8 Å². The van der Waals surface area contributed by atoms with E-state index in [4.69, 9.17) is 30.2 Å². The lowest BCUT2D eigenvalue weighted by Gasteiger charge is -2.26. The topological polar surface area (TPSA) is 130 Å². The normalized spacial score (nSPS) is 14.7. The summed E-state index contributed by atoms with van der Waals surface area (Å²) in [5, 5.41) is 9.52. The highest BCUT2D eigenvalue weighted by molar-refractivity contribution is 9.10. The number of nitrogens with zero attached hydrogens (tertiary/aromatic N) is 2. The molecule has 1 aliphatic heterocycles. The summed E-state index contributed by atoms with van der Waals surface area (Å²) in [5.74, 6) is -0.120. The van der Waals surface area contributed by atoms with Crippen molar-refractivity contribution in [3.8, 4) is 22.8 Å². The van der Waals surface area contributed by atoms with Gasteiger partial charge in [0.15, 0.2) is 16.3 Å². The van der Waals surface area contributed by atoms with Crippen molar-refractivity contribution in [2.45, 2.75) is 19.9 Å². The Bertz CT molecular complexity index is 1990. The molecule has 0 saturated carbocycles. The van der Waals surface area contributed by atoms with Gasteiger partial charge in [-0.05, 0) is 61.9 Å². The van der Waals surface area contributed by atoms with Gasteiger partial charge in [0.1, 0.15) is 11.5 Å². The molecule has 0 saturated heterocycles. The maximum absolute atomic E-state index is 14.0. The summed E-state index contributed by atoms with van der Waals surface area (Å²) in [7, 11) is 3.01. The van der Waals surface area contributed by atoms with Gasteiger partial charge in [0.05, 0.1) is 53.3 Å². The quantitative estimate of drug-likeness (QED) is 0.251. The fourth-order valence-electron chi connectivity index (χ4n) is 4.72. The number of hydrogen-bond acceptors (Lipinski definition) is 9. The van der Waals surface area contributed by atoms with Crippen molar-refractivity contribution in [1.29, 1.82) is 0 Å². The van der Waals surface area contributed by atoms with E-state index in [1.807, 2.05) is 0 Å². The van der Waals surface area contributed by atoms with Crippen molar-refractivity contribution >= 4 is 56.9 Å². The van der Waals surface area contributed by atoms with Gasteiger partial charge in [-0.25, -0.2) is 14.6 Å². The number of halogens is 2. The molecule has 1 N–H and O–H groups in total. The van der Waals surface area contributed by atoms with Crippen molar-refractivity contribution in [2.24, 2.45) is 4.99 Å². The number of aromatic carboxylic acids is 1. The number of allylic oxidation sites excluding steroid dienone is 1. The molecular formula is C30H24BrClN2O8S. The lowest BCUT2D eigenvalue weighted by Crippen LogP contribution is -2.40. The SMILES string of the molecule is CCOC(=O)C1=C(C)N=c2s/c(=C/c3ccc(-c4ccc(Cl)c(C(=O)O)c4)o3)c(=O)n2C1c1cc(OC)c(OC)cc1Br. The van der Waals surface area contributed by atoms with Gasteiger partial charge in [-0.3, -0.25) is 9.36 Å². The number of ether oxygens (including phenoxy) is 3. The molecule has 222 valence electrons. The van der Waals surface area contributed by atoms with E-state index in [0.29, 0.717) is 53.6 Å². The van der Waals surface area contributed by atoms with Crippen LogP contribution >= 0.6 is 38.9 Å². The van der Waals surface area contributed by atoms with Gasteiger partial charge >= 0.3 is 11.9 Å². The number of carbonyl (C=O) groups excluding carboxylic acids is 1. The Morgan fingerprint density at radius 1 is 1.16 bits per heavy atom. The second-order valence-electron chi connectivity index (χ2n) is 9.23. The first-order valence-corrected chi connectivity index (χ1v) is 14.8. The van der Waals surface area contributed by atoms with Crippen molar-refractivity contribution in [3.05, 3.63) is 99.8 Å². The number of carbonyl (C=O) groups is 2. The number of aromatic nitrogens is 1. The molecule has 13 heteroatoms. The Balaban J connectivity index is 1.66. The van der Waals surface area contributed by atoms with E-state index >= 15 is 0 Å². The minimum absolute atomic E-state index is 0.0560. The molecule has 43 heavy (non-hydrogen) atoms. The highest BCUT2D eigenvalue weighted by atomic mass is 79.9. The molecule has 0 amide bonds. The highest BCUT2D eigenvalue weighted by Gasteiger charge is 2.35. The summed E-state index contributed by atoms with van der Waals surface area (Å²) < 4.78 is 24.6. The first-order valence-electron chi connectivity index (χ1n) is 12.8. The Kier molecular flexibility index (Phi) is 8.63. The van der Waals surface area contributed by atoms with Gasteiger partial charge in [0.2, 0.25) is 0 Å². The maximum Gasteiger partial charge on any atom is 0.338 e. The van der Waals surface area contributed by atoms with Crippen molar-refractivity contribution < 1.29 is 33.3 Å². The second-order valence-corrected chi connectivity index (χ2v) is 11.5. The van der Waals surface area contributed by atoms with Crippen LogP contribution in [0, 0.1) is 0 Å². The zero-order chi connectivity index (χ0) is 31.0. The number of thiazole rings is 1. The van der Waals surface area contributed by atoms with E-state index in [9.17, 15) is 19.5 Å². The Morgan fingerprint density at radius 2 is 1.88 bits per heavy atom. The smallest absolute Gasteiger partial charge is 0.338 e. The van der Waals surface area contributed by atoms with Gasteiger partial charge in [-0.1, -0.05) is 38.9 Å². The van der Waals surface area contributed by atoms with Gasteiger partial charge in [-0.15, -0.1) is 0 Å². The van der Waals surface area contributed by atoms with E-state index in [2.05, 4.69) is 20.9 Å². The number of hydrogen-bond donors (Lipinski definition) is 1. The third kappa shape index (κ3) is 5.65. The predicted octanol–water partition coefficient (Wildman–Crippen LogP) is 5.19. The molecule has 5 rings (SSSR count). The molecule has 0 bridgehead atoms. The molecule has 0 spiro atoms. The molecule has 0 fully saturated rings. The van der Waals surface area contributed by atoms with Gasteiger partial charge in [0, 0.05) is 16.1 Å². The molecular weight excluding hydrogens is 664 g/mol. The Morgan fingerprint density at radius 3 is 2.56 bits per heavy atom. The lowest BCUT2D eigenvalue weighted by molar-refractivity contribution is -0.139. The number of carboxylic acid groups (broad SMARTS) is 1. The van der Waals surface area contributed by atoms with Crippen LogP contribution in [0.4, 0.5) is 0 Å². The third-order valence-electron chi connectivity index (χ3n) is 6.70. The summed E-state index contributed by atoms with van der Waals surface area (Å²) in [6, 6.07) is 10.4. The van der Waals surface area contributed by atoms with Crippen LogP contribution in [-0.4, -0.2) is 42.4 Å². The minimum Gasteiger partial charge on any atom is -0.493 e. The average Bonchev–Trinajstić information content (AvgIpc) is 3.56. The van der Waals surface area contributed by atoms with Crippen LogP contribution in [0.3, 0.4) is 0 Å². The fourth-order valence-corrected chi connectivity index (χ4v) is 6.49. The third-order valence-corrected chi connectivity index (χ3v) is 8.70. The van der Waals surface area contributed by atoms with Crippen molar-refractivity contribution in [3.63, 3.8) is 0 Å². The van der Waals surface area contributed by atoms with Crippen LogP contribution in [0.25, 0.3) is 17.4 Å². The molecule has 1 aliphatic rings. The van der Waals surface area contributed by atoms with E-state index in [0.717, 1.165) is 11.3 Å². The lowest BCUT2D eigenvalue weighted by atomic mass is 9.95. The average molecular weight is 688 g/mol. The number of methoxy groups -OCH3 is 2. The van der Waals surface area contributed by atoms with Crippen LogP contribution < -0.4 is 24.4 Å². The van der Waals surface area contributed by atoms with Gasteiger partial charge in [0.25, 0.3) is 5.56 Å². The van der Waals surface area contributed by atoms with Crippen LogP contribution in [0.5, 0.6) is 11.5 Å². The second kappa shape index (κ2) is 12.2. The first-order chi connectivity index (χ1) is 20.6. The van der Waals surface area contributed by atoms with E-state index in [-0.39, 0.29) is 22.8 Å². The number of rotatable bonds is 8. The number of fused-ring (bicyclic) bond motifs is 1. The summed E-state index contributed by atoms with van der Waals surface area (Å²) >= 11 is 10.7. The molecule has 4 aromatic rings. The molecule has 0 radical (unpaired) electrons. The standard InChI is InChI=1S/C30H24BrClN2O8S/c1-5-41-29(38)25-14(2)33-30-34(26(25)17-12-22(39-3)23(40-4)13-19(17)31)27(35)24(43-30)11-16-7-9-21(42-16)15-6-8-20(32)18(10-15)28(36)37/h6-13,26H,5H2,1-4H3,(H,36,37)/b24-11+. The minimum atomic E-state index is -1.16. The summed E-state index contributed by atoms with van der Waals surface area (Å²) in [6.45, 7) is 3.54. The molecule has 10 nitrogen and oxygen atoms in total. The molecule has 2 aromatic heterocycles. The summed E-state index contributed by atoms with van der Waals surface area (Å²) in [4.78, 5) is 43.7. The number of furan rings is 1. The monoisotopic (exact) mass is 686 g/mol. The van der Waals surface area contributed by atoms with E-state index in [1.54, 1.807) is 50.3 Å². The first kappa shape index (κ1) is 30.3. The zero-order valence-corrected chi connectivity index (χ0v) is 26.4. The number of carboxylic acids is 1. The zero-order valence-electron chi connectivity index (χ0n) is 23.3. The van der Waals surface area contributed by atoms with E-state index in [1.165, 1.54) is 30.9 Å². The van der Waals surface area contributed by atoms with Crippen LogP contribution in [0.15, 0.2) is 72.4 Å². The summed E-state index contributed by atoms with van der Waals surface area (Å²) in [5.41, 5.74) is 1.25. The number of benzene rings is 2. The highest BCUT2D eigenvalue weighted by Crippen LogP contribution is 2.40. The van der Waals surface area contributed by atoms with Crippen LogP contribution in [0.1, 0.15) is 41.6 Å². The molecule has 2 aromatic carbocycles. The van der Waals surface area contributed by atoms with Crippen LogP contribution in [0.2, 0.25) is 5.02 Å². The Hall–Kier alpha value is -4.13. The van der Waals surface area contributed by atoms with Gasteiger partial charge in [-0.2, -0.15) is 0 Å². The summed E-state index contributed by atoms with van der Waals surface area (Å²) in [6.07, 6.45) is 1.57. The number of esters is 1. The molecule has 1 atom stereocenters.